The van der Waals surface area contributed by atoms with Crippen molar-refractivity contribution >= 4 is 11.7 Å². The van der Waals surface area contributed by atoms with Crippen molar-refractivity contribution in [2.75, 3.05) is 6.61 Å². The maximum atomic E-state index is 11.0. The van der Waals surface area contributed by atoms with Crippen molar-refractivity contribution in [2.45, 2.75) is 19.4 Å². The lowest BCUT2D eigenvalue weighted by Crippen LogP contribution is -2.23. The Morgan fingerprint density at radius 2 is 2.55 bits per heavy atom. The highest BCUT2D eigenvalue weighted by atomic mass is 16.7. The van der Waals surface area contributed by atoms with Gasteiger partial charge in [0.15, 0.2) is 6.10 Å². The predicted molar refractivity (Wildman–Crippen MR) is 37.0 cm³/mol. The number of carbonyl (C=O) groups excluding carboxylic acids is 1. The van der Waals surface area contributed by atoms with E-state index in [0.717, 1.165) is 12.1 Å². The van der Waals surface area contributed by atoms with Gasteiger partial charge in [-0.1, -0.05) is 12.1 Å². The van der Waals surface area contributed by atoms with E-state index in [1.165, 1.54) is 0 Å². The second-order valence-corrected chi connectivity index (χ2v) is 2.69. The van der Waals surface area contributed by atoms with Crippen LogP contribution >= 0.6 is 0 Å². The van der Waals surface area contributed by atoms with Gasteiger partial charge in [0.2, 0.25) is 0 Å². The lowest BCUT2D eigenvalue weighted by Gasteiger charge is -2.00. The molecule has 2 aliphatic heterocycles. The molecule has 11 heavy (non-hydrogen) atoms. The Hall–Kier alpha value is -1.06. The molecule has 0 unspecified atom stereocenters. The third-order valence-electron chi connectivity index (χ3n) is 2.04. The highest BCUT2D eigenvalue weighted by Crippen LogP contribution is 2.27. The average Bonchev–Trinajstić information content (AvgIpc) is 2.54. The summed E-state index contributed by atoms with van der Waals surface area (Å²) >= 11 is 0. The summed E-state index contributed by atoms with van der Waals surface area (Å²) in [6.07, 6.45) is 0.619. The Morgan fingerprint density at radius 3 is 3.27 bits per heavy atom. The SMILES string of the molecule is CCC1=NO[C@@H]2COC(=O)[C@H]12. The molecule has 1 saturated heterocycles. The van der Waals surface area contributed by atoms with Crippen LogP contribution in [-0.4, -0.2) is 24.4 Å². The van der Waals surface area contributed by atoms with Crippen LogP contribution in [0.2, 0.25) is 0 Å². The van der Waals surface area contributed by atoms with Gasteiger partial charge in [0.25, 0.3) is 0 Å². The molecule has 0 aromatic rings. The first-order chi connectivity index (χ1) is 5.33. The molecule has 2 aliphatic rings. The van der Waals surface area contributed by atoms with Gasteiger partial charge in [-0.05, 0) is 6.42 Å². The highest BCUT2D eigenvalue weighted by Gasteiger charge is 2.45. The molecule has 0 radical (unpaired) electrons. The van der Waals surface area contributed by atoms with E-state index in [9.17, 15) is 4.79 Å². The Labute approximate surface area is 64.2 Å². The maximum Gasteiger partial charge on any atom is 0.319 e. The fourth-order valence-electron chi connectivity index (χ4n) is 1.42. The minimum absolute atomic E-state index is 0.141. The van der Waals surface area contributed by atoms with Crippen LogP contribution in [0.15, 0.2) is 5.16 Å². The van der Waals surface area contributed by atoms with Gasteiger partial charge in [0, 0.05) is 0 Å². The number of ether oxygens (including phenoxy) is 1. The number of hydrogen-bond donors (Lipinski definition) is 0. The van der Waals surface area contributed by atoms with Gasteiger partial charge in [-0.3, -0.25) is 4.79 Å². The summed E-state index contributed by atoms with van der Waals surface area (Å²) < 4.78 is 4.81. The van der Waals surface area contributed by atoms with Crippen LogP contribution in [0.4, 0.5) is 0 Å². The van der Waals surface area contributed by atoms with Crippen molar-refractivity contribution in [3.63, 3.8) is 0 Å². The second kappa shape index (κ2) is 2.22. The Bertz CT molecular complexity index is 224. The van der Waals surface area contributed by atoms with E-state index in [0.29, 0.717) is 6.61 Å². The van der Waals surface area contributed by atoms with Crippen molar-refractivity contribution in [1.82, 2.24) is 0 Å². The summed E-state index contributed by atoms with van der Waals surface area (Å²) in [5.74, 6) is -0.395. The topological polar surface area (TPSA) is 47.9 Å². The minimum Gasteiger partial charge on any atom is -0.461 e. The van der Waals surface area contributed by atoms with E-state index in [4.69, 9.17) is 9.57 Å². The van der Waals surface area contributed by atoms with Gasteiger partial charge in [0.1, 0.15) is 12.5 Å². The van der Waals surface area contributed by atoms with E-state index >= 15 is 0 Å². The molecule has 4 nitrogen and oxygen atoms in total. The zero-order valence-electron chi connectivity index (χ0n) is 6.24. The Kier molecular flexibility index (Phi) is 1.34. The smallest absolute Gasteiger partial charge is 0.319 e. The zero-order chi connectivity index (χ0) is 7.84. The van der Waals surface area contributed by atoms with Gasteiger partial charge < -0.3 is 9.57 Å². The molecule has 0 bridgehead atoms. The molecular formula is C7H9NO3. The van der Waals surface area contributed by atoms with Crippen molar-refractivity contribution in [3.05, 3.63) is 0 Å². The molecule has 1 fully saturated rings. The molecule has 0 saturated carbocycles. The molecule has 0 amide bonds. The molecule has 0 aromatic carbocycles. The summed E-state index contributed by atoms with van der Waals surface area (Å²) in [4.78, 5) is 16.0. The average molecular weight is 155 g/mol. The summed E-state index contributed by atoms with van der Waals surface area (Å²) in [5, 5.41) is 3.80. The molecule has 0 aromatic heterocycles. The lowest BCUT2D eigenvalue weighted by atomic mass is 9.99. The number of carbonyl (C=O) groups is 1. The maximum absolute atomic E-state index is 11.0. The number of cyclic esters (lactones) is 1. The van der Waals surface area contributed by atoms with E-state index in [1.807, 2.05) is 6.92 Å². The summed E-state index contributed by atoms with van der Waals surface area (Å²) in [5.41, 5.74) is 0.817. The summed E-state index contributed by atoms with van der Waals surface area (Å²) in [6.45, 7) is 2.31. The molecule has 0 aliphatic carbocycles. The van der Waals surface area contributed by atoms with Crippen molar-refractivity contribution in [1.29, 1.82) is 0 Å². The first-order valence-corrected chi connectivity index (χ1v) is 3.72. The fourth-order valence-corrected chi connectivity index (χ4v) is 1.42. The Morgan fingerprint density at radius 1 is 1.73 bits per heavy atom. The fraction of sp³-hybridized carbons (Fsp3) is 0.714. The summed E-state index contributed by atoms with van der Waals surface area (Å²) in [6, 6.07) is 0. The van der Waals surface area contributed by atoms with Crippen molar-refractivity contribution < 1.29 is 14.4 Å². The molecule has 2 heterocycles. The molecule has 2 atom stereocenters. The van der Waals surface area contributed by atoms with Crippen LogP contribution in [0.1, 0.15) is 13.3 Å². The van der Waals surface area contributed by atoms with Crippen LogP contribution < -0.4 is 0 Å². The molecule has 0 N–H and O–H groups in total. The third-order valence-corrected chi connectivity index (χ3v) is 2.04. The molecule has 4 heteroatoms. The number of esters is 1. The van der Waals surface area contributed by atoms with Crippen LogP contribution in [0.3, 0.4) is 0 Å². The number of rotatable bonds is 1. The van der Waals surface area contributed by atoms with Crippen LogP contribution in [0.5, 0.6) is 0 Å². The van der Waals surface area contributed by atoms with E-state index in [1.54, 1.807) is 0 Å². The number of fused-ring (bicyclic) bond motifs is 1. The van der Waals surface area contributed by atoms with Gasteiger partial charge in [-0.2, -0.15) is 0 Å². The van der Waals surface area contributed by atoms with E-state index < -0.39 is 0 Å². The lowest BCUT2D eigenvalue weighted by molar-refractivity contribution is -0.139. The van der Waals surface area contributed by atoms with Gasteiger partial charge >= 0.3 is 5.97 Å². The van der Waals surface area contributed by atoms with Crippen molar-refractivity contribution in [2.24, 2.45) is 11.1 Å². The number of oxime groups is 1. The third kappa shape index (κ3) is 0.818. The largest absolute Gasteiger partial charge is 0.461 e. The molecule has 0 spiro atoms. The van der Waals surface area contributed by atoms with Gasteiger partial charge in [0.05, 0.1) is 5.71 Å². The number of hydrogen-bond acceptors (Lipinski definition) is 4. The first-order valence-electron chi connectivity index (χ1n) is 3.72. The first kappa shape index (κ1) is 6.64. The van der Waals surface area contributed by atoms with Crippen LogP contribution in [0.25, 0.3) is 0 Å². The quantitative estimate of drug-likeness (QED) is 0.512. The monoisotopic (exact) mass is 155 g/mol. The standard InChI is InChI=1S/C7H9NO3/c1-2-4-6-5(11-8-4)3-10-7(6)9/h5-6H,2-3H2,1H3/t5-,6-/m1/s1. The van der Waals surface area contributed by atoms with E-state index in [-0.39, 0.29) is 18.0 Å². The molecular weight excluding hydrogens is 146 g/mol. The molecule has 2 rings (SSSR count). The summed E-state index contributed by atoms with van der Waals surface area (Å²) in [7, 11) is 0. The normalized spacial score (nSPS) is 34.3. The van der Waals surface area contributed by atoms with Gasteiger partial charge in [-0.15, -0.1) is 0 Å². The van der Waals surface area contributed by atoms with Crippen LogP contribution in [-0.2, 0) is 14.4 Å². The zero-order valence-corrected chi connectivity index (χ0v) is 6.24. The van der Waals surface area contributed by atoms with E-state index in [2.05, 4.69) is 5.16 Å². The Balaban J connectivity index is 2.21. The van der Waals surface area contributed by atoms with Crippen LogP contribution in [0, 0.1) is 5.92 Å². The highest BCUT2D eigenvalue weighted by molar-refractivity contribution is 6.04. The minimum atomic E-state index is -0.208. The van der Waals surface area contributed by atoms with Crippen molar-refractivity contribution in [3.8, 4) is 0 Å². The molecule has 60 valence electrons. The second-order valence-electron chi connectivity index (χ2n) is 2.69. The predicted octanol–water partition coefficient (Wildman–Crippen LogP) is 0.324. The number of nitrogens with zero attached hydrogens (tertiary/aromatic N) is 1. The van der Waals surface area contributed by atoms with Gasteiger partial charge in [-0.25, -0.2) is 0 Å².